The molecule has 11 rings (SSSR count). The Bertz CT molecular complexity index is 3730. The molecule has 2 aliphatic rings. The molecule has 0 radical (unpaired) electrons. The Morgan fingerprint density at radius 3 is 1.70 bits per heavy atom. The highest BCUT2D eigenvalue weighted by Crippen LogP contribution is 2.37. The third-order valence-electron chi connectivity index (χ3n) is 12.8. The van der Waals surface area contributed by atoms with Crippen LogP contribution in [0.1, 0.15) is 39.5 Å². The number of fused-ring (bicyclic) bond motifs is 3. The molecule has 5 aromatic heterocycles. The maximum atomic E-state index is 13.2. The lowest BCUT2D eigenvalue weighted by molar-refractivity contribution is 0.0513. The lowest BCUT2D eigenvalue weighted by atomic mass is 10.0. The van der Waals surface area contributed by atoms with Crippen LogP contribution in [0.15, 0.2) is 127 Å². The van der Waals surface area contributed by atoms with Crippen LogP contribution in [0, 0.1) is 22.0 Å². The smallest absolute Gasteiger partial charge is 0.270 e. The first kappa shape index (κ1) is 50.0. The second-order valence-corrected chi connectivity index (χ2v) is 18.1. The van der Waals surface area contributed by atoms with Gasteiger partial charge in [-0.25, -0.2) is 4.98 Å². The van der Waals surface area contributed by atoms with Crippen LogP contribution in [-0.2, 0) is 0 Å². The number of aromatic nitrogens is 6. The van der Waals surface area contributed by atoms with Gasteiger partial charge in [-0.2, -0.15) is 10.3 Å². The highest BCUT2D eigenvalue weighted by Gasteiger charge is 2.35. The number of hydrogen-bond acceptors (Lipinski definition) is 14. The van der Waals surface area contributed by atoms with Crippen molar-refractivity contribution in [3.8, 4) is 51.3 Å². The summed E-state index contributed by atoms with van der Waals surface area (Å²) >= 11 is 10.0. The van der Waals surface area contributed by atoms with Gasteiger partial charge in [-0.15, -0.1) is 0 Å². The molecule has 2 aliphatic heterocycles. The van der Waals surface area contributed by atoms with E-state index in [-0.39, 0.29) is 17.9 Å². The van der Waals surface area contributed by atoms with E-state index in [1.807, 2.05) is 88.6 Å². The minimum absolute atomic E-state index is 0.0667. The van der Waals surface area contributed by atoms with Gasteiger partial charge in [0.1, 0.15) is 23.3 Å². The van der Waals surface area contributed by atoms with E-state index < -0.39 is 0 Å². The van der Waals surface area contributed by atoms with E-state index in [0.717, 1.165) is 62.5 Å². The lowest BCUT2D eigenvalue weighted by Gasteiger charge is -2.40. The standard InChI is InChI=1S/C27H24N6O3S.C18H17N3O.C10H8N2O2S/c1-35-23-10-19-21(11-24(23)36-2)31-27(37)33(25(19)28)18-13-32(14-18)26(34)22-9-16-6-5-15(8-20(16)30-22)17-4-3-7-29-12-17;1-12-10-21(11-12)18(22)17-8-14-5-4-13(7-16(14)20-17)15-3-2-6-19-9-15;1-13-9-3-7(5-11)8(12-6-15)4-10(9)14-2/h3-12,18,30H,13-14,28H2,1-2H3;2-9,12,20H,10-11H2,1H3;3-4H,1-2H3. The van der Waals surface area contributed by atoms with E-state index in [4.69, 9.17) is 42.2 Å². The van der Waals surface area contributed by atoms with E-state index in [0.29, 0.717) is 80.7 Å². The second kappa shape index (κ2) is 21.8. The van der Waals surface area contributed by atoms with Crippen LogP contribution in [0.3, 0.4) is 0 Å². The number of thiocarbonyl (C=S) groups is 1. The number of likely N-dealkylation sites (tertiary alicyclic amines) is 2. The SMILES string of the molecule is CC1CN(C(=O)c2cc3ccc(-c4cccnc4)cc3[nH]2)C1.COc1cc(C#N)c(N=C=S)cc1OC.COc1cc2nc(=S)n(C3CN(C(=O)c4cc5ccc(-c6cccnc6)cc5[nH]4)C3)c(N)c2cc1OC. The van der Waals surface area contributed by atoms with Crippen LogP contribution in [0.2, 0.25) is 0 Å². The highest BCUT2D eigenvalue weighted by molar-refractivity contribution is 7.78. The Balaban J connectivity index is 0.000000153. The van der Waals surface area contributed by atoms with E-state index in [2.05, 4.69) is 66.3 Å². The fourth-order valence-electron chi connectivity index (χ4n) is 8.91. The molecule has 17 nitrogen and oxygen atoms in total. The number of aromatic amines is 2. The zero-order valence-electron chi connectivity index (χ0n) is 41.0. The summed E-state index contributed by atoms with van der Waals surface area (Å²) in [5, 5.41) is 13.8. The van der Waals surface area contributed by atoms with Crippen LogP contribution in [0.25, 0.3) is 55.0 Å². The van der Waals surface area contributed by atoms with Crippen LogP contribution in [0.5, 0.6) is 23.0 Å². The number of rotatable bonds is 10. The van der Waals surface area contributed by atoms with Gasteiger partial charge in [0.2, 0.25) is 4.77 Å². The predicted octanol–water partition coefficient (Wildman–Crippen LogP) is 10.2. The van der Waals surface area contributed by atoms with Crippen molar-refractivity contribution in [3.63, 3.8) is 0 Å². The summed E-state index contributed by atoms with van der Waals surface area (Å²) < 4.78 is 23.1. The third-order valence-corrected chi connectivity index (χ3v) is 13.2. The number of ether oxygens (including phenoxy) is 4. The number of aliphatic imine (C=N–C) groups is 1. The molecule has 0 aliphatic carbocycles. The number of nitrogen functional groups attached to an aromatic ring is 1. The molecular formula is C55H49N11O6S2. The van der Waals surface area contributed by atoms with Gasteiger partial charge < -0.3 is 44.4 Å². The maximum absolute atomic E-state index is 13.2. The summed E-state index contributed by atoms with van der Waals surface area (Å²) in [6.07, 6.45) is 7.18. The van der Waals surface area contributed by atoms with E-state index in [1.54, 1.807) is 55.8 Å². The van der Waals surface area contributed by atoms with Gasteiger partial charge in [-0.1, -0.05) is 43.3 Å². The number of carbonyl (C=O) groups excluding carboxylic acids is 2. The average molecular weight is 1020 g/mol. The number of nitrogens with two attached hydrogens (primary N) is 1. The Labute approximate surface area is 435 Å². The predicted molar refractivity (Wildman–Crippen MR) is 290 cm³/mol. The number of hydrogen-bond donors (Lipinski definition) is 3. The van der Waals surface area contributed by atoms with Gasteiger partial charge in [-0.05, 0) is 83.9 Å². The summed E-state index contributed by atoms with van der Waals surface area (Å²) in [7, 11) is 6.15. The molecule has 0 bridgehead atoms. The Morgan fingerprint density at radius 2 is 1.22 bits per heavy atom. The number of nitrogens with one attached hydrogen (secondary N) is 2. The third kappa shape index (κ3) is 10.2. The van der Waals surface area contributed by atoms with Gasteiger partial charge in [-0.3, -0.25) is 24.1 Å². The van der Waals surface area contributed by atoms with E-state index in [1.165, 1.54) is 14.2 Å². The zero-order valence-corrected chi connectivity index (χ0v) is 42.6. The largest absolute Gasteiger partial charge is 0.493 e. The summed E-state index contributed by atoms with van der Waals surface area (Å²) in [5.74, 6) is 3.23. The molecule has 4 aromatic carbocycles. The number of nitriles is 1. The Hall–Kier alpha value is -8.95. The van der Waals surface area contributed by atoms with Crippen molar-refractivity contribution in [3.05, 3.63) is 144 Å². The first-order chi connectivity index (χ1) is 35.9. The van der Waals surface area contributed by atoms with E-state index >= 15 is 0 Å². The van der Waals surface area contributed by atoms with Gasteiger partial charge in [0.15, 0.2) is 23.0 Å². The van der Waals surface area contributed by atoms with Gasteiger partial charge in [0.25, 0.3) is 11.8 Å². The summed E-state index contributed by atoms with van der Waals surface area (Å²) in [6.45, 7) is 4.83. The molecule has 19 heteroatoms. The summed E-state index contributed by atoms with van der Waals surface area (Å²) in [6, 6.07) is 32.6. The van der Waals surface area contributed by atoms with Crippen molar-refractivity contribution >= 4 is 85.6 Å². The first-order valence-electron chi connectivity index (χ1n) is 23.3. The van der Waals surface area contributed by atoms with Gasteiger partial charge >= 0.3 is 0 Å². The molecule has 2 saturated heterocycles. The number of nitrogens with zero attached hydrogens (tertiary/aromatic N) is 8. The lowest BCUT2D eigenvalue weighted by Crippen LogP contribution is -2.51. The quantitative estimate of drug-likeness (QED) is 0.0860. The number of benzene rings is 4. The fraction of sp³-hybridized carbons (Fsp3) is 0.200. The Kier molecular flexibility index (Phi) is 14.7. The summed E-state index contributed by atoms with van der Waals surface area (Å²) in [5.41, 5.74) is 15.3. The number of amides is 2. The minimum atomic E-state index is -0.0689. The first-order valence-corrected chi connectivity index (χ1v) is 24.1. The van der Waals surface area contributed by atoms with Crippen LogP contribution >= 0.6 is 24.4 Å². The van der Waals surface area contributed by atoms with Crippen LogP contribution in [0.4, 0.5) is 11.5 Å². The molecule has 9 aromatic rings. The fourth-order valence-corrected chi connectivity index (χ4v) is 9.35. The molecule has 74 heavy (non-hydrogen) atoms. The molecule has 0 spiro atoms. The van der Waals surface area contributed by atoms with Crippen LogP contribution in [-0.4, -0.2) is 111 Å². The topological polar surface area (TPSA) is 215 Å². The molecule has 0 unspecified atom stereocenters. The number of H-pyrrole nitrogens is 2. The molecule has 372 valence electrons. The molecule has 2 fully saturated rings. The molecular weight excluding hydrogens is 975 g/mol. The number of carbonyl (C=O) groups is 2. The van der Waals surface area contributed by atoms with Crippen molar-refractivity contribution in [1.82, 2.24) is 39.3 Å². The number of methoxy groups -OCH3 is 4. The minimum Gasteiger partial charge on any atom is -0.493 e. The number of isothiocyanates is 1. The molecule has 7 heterocycles. The zero-order chi connectivity index (χ0) is 52.0. The van der Waals surface area contributed by atoms with Crippen molar-refractivity contribution < 1.29 is 28.5 Å². The maximum Gasteiger partial charge on any atom is 0.270 e. The van der Waals surface area contributed by atoms with Crippen molar-refractivity contribution in [2.45, 2.75) is 13.0 Å². The molecule has 0 atom stereocenters. The summed E-state index contributed by atoms with van der Waals surface area (Å²) in [4.78, 5) is 52.5. The van der Waals surface area contributed by atoms with Gasteiger partial charge in [0, 0.05) is 107 Å². The van der Waals surface area contributed by atoms with E-state index in [9.17, 15) is 9.59 Å². The highest BCUT2D eigenvalue weighted by atomic mass is 32.1. The monoisotopic (exact) mass is 1020 g/mol. The van der Waals surface area contributed by atoms with Crippen molar-refractivity contribution in [2.75, 3.05) is 60.4 Å². The Morgan fingerprint density at radius 1 is 0.703 bits per heavy atom. The average Bonchev–Trinajstić information content (AvgIpc) is 4.06. The van der Waals surface area contributed by atoms with Gasteiger partial charge in [0.05, 0.1) is 56.4 Å². The second-order valence-electron chi connectivity index (χ2n) is 17.5. The van der Waals surface area contributed by atoms with Crippen molar-refractivity contribution in [2.24, 2.45) is 10.9 Å². The molecule has 0 saturated carbocycles. The number of anilines is 1. The molecule has 4 N–H and O–H groups in total. The number of pyridine rings is 2. The molecule has 2 amide bonds. The van der Waals surface area contributed by atoms with Crippen molar-refractivity contribution in [1.29, 1.82) is 5.26 Å². The van der Waals surface area contributed by atoms with Crippen LogP contribution < -0.4 is 24.7 Å². The normalized spacial score (nSPS) is 13.0.